The molecule has 0 atom stereocenters. The van der Waals surface area contributed by atoms with E-state index in [9.17, 15) is 4.79 Å². The lowest BCUT2D eigenvalue weighted by molar-refractivity contribution is -0.117. The molecular weight excluding hydrogens is 342 g/mol. The number of benzene rings is 1. The molecule has 1 aliphatic rings. The van der Waals surface area contributed by atoms with Crippen molar-refractivity contribution >= 4 is 22.2 Å². The second-order valence-corrected chi connectivity index (χ2v) is 7.98. The van der Waals surface area contributed by atoms with Crippen LogP contribution >= 0.6 is 11.3 Å². The maximum atomic E-state index is 12.2. The molecular formula is C21H25N3OS. The van der Waals surface area contributed by atoms with E-state index in [2.05, 4.69) is 47.5 Å². The summed E-state index contributed by atoms with van der Waals surface area (Å²) >= 11 is 1.40. The van der Waals surface area contributed by atoms with Crippen LogP contribution < -0.4 is 5.32 Å². The van der Waals surface area contributed by atoms with Crippen LogP contribution in [0.25, 0.3) is 0 Å². The SMILES string of the molecule is Cc1ccc(CCC2CCN(CC(=O)Nc3sccc3C#N)CC2)cc1. The van der Waals surface area contributed by atoms with E-state index >= 15 is 0 Å². The molecule has 136 valence electrons. The second-order valence-electron chi connectivity index (χ2n) is 7.07. The molecule has 3 rings (SSSR count). The molecule has 1 amide bonds. The number of hydrogen-bond donors (Lipinski definition) is 1. The fourth-order valence-corrected chi connectivity index (χ4v) is 4.18. The molecule has 0 radical (unpaired) electrons. The van der Waals surface area contributed by atoms with Crippen LogP contribution in [0.4, 0.5) is 5.00 Å². The van der Waals surface area contributed by atoms with Crippen LogP contribution in [0.5, 0.6) is 0 Å². The van der Waals surface area contributed by atoms with E-state index in [0.29, 0.717) is 17.1 Å². The minimum absolute atomic E-state index is 0.0259. The standard InChI is InChI=1S/C21H25N3OS/c1-16-2-4-17(5-3-16)6-7-18-8-11-24(12-9-18)15-20(25)23-21-19(14-22)10-13-26-21/h2-5,10,13,18H,6-9,11-12,15H2,1H3,(H,23,25). The molecule has 1 saturated heterocycles. The Hall–Kier alpha value is -2.16. The predicted molar refractivity (Wildman–Crippen MR) is 106 cm³/mol. The van der Waals surface area contributed by atoms with Gasteiger partial charge in [-0.1, -0.05) is 29.8 Å². The molecule has 0 aliphatic carbocycles. The van der Waals surface area contributed by atoms with Crippen molar-refractivity contribution in [1.82, 2.24) is 4.90 Å². The Kier molecular flexibility index (Phi) is 6.43. The number of anilines is 1. The average molecular weight is 368 g/mol. The summed E-state index contributed by atoms with van der Waals surface area (Å²) < 4.78 is 0. The van der Waals surface area contributed by atoms with Crippen molar-refractivity contribution in [3.8, 4) is 6.07 Å². The number of nitrogens with one attached hydrogen (secondary N) is 1. The van der Waals surface area contributed by atoms with Gasteiger partial charge in [-0.05, 0) is 68.6 Å². The largest absolute Gasteiger partial charge is 0.315 e. The van der Waals surface area contributed by atoms with Gasteiger partial charge in [0.1, 0.15) is 11.1 Å². The minimum atomic E-state index is -0.0259. The lowest BCUT2D eigenvalue weighted by atomic mass is 9.90. The van der Waals surface area contributed by atoms with Crippen molar-refractivity contribution in [3.05, 3.63) is 52.4 Å². The van der Waals surface area contributed by atoms with Crippen LogP contribution in [0.2, 0.25) is 0 Å². The molecule has 0 spiro atoms. The quantitative estimate of drug-likeness (QED) is 0.832. The van der Waals surface area contributed by atoms with Crippen molar-refractivity contribution in [2.24, 2.45) is 5.92 Å². The first-order valence-corrected chi connectivity index (χ1v) is 10.1. The molecule has 1 aromatic heterocycles. The van der Waals surface area contributed by atoms with Gasteiger partial charge in [0.05, 0.1) is 12.1 Å². The van der Waals surface area contributed by atoms with E-state index in [-0.39, 0.29) is 5.91 Å². The van der Waals surface area contributed by atoms with Gasteiger partial charge >= 0.3 is 0 Å². The number of aryl methyl sites for hydroxylation is 2. The Morgan fingerprint density at radius 2 is 2.00 bits per heavy atom. The first-order chi connectivity index (χ1) is 12.6. The molecule has 1 aliphatic heterocycles. The Balaban J connectivity index is 1.39. The lowest BCUT2D eigenvalue weighted by Gasteiger charge is -2.31. The van der Waals surface area contributed by atoms with Gasteiger partial charge < -0.3 is 5.32 Å². The predicted octanol–water partition coefficient (Wildman–Crippen LogP) is 4.21. The maximum absolute atomic E-state index is 12.2. The third kappa shape index (κ3) is 5.17. The molecule has 0 unspecified atom stereocenters. The molecule has 1 fully saturated rings. The van der Waals surface area contributed by atoms with Gasteiger partial charge in [-0.25, -0.2) is 0 Å². The van der Waals surface area contributed by atoms with Gasteiger partial charge in [-0.15, -0.1) is 11.3 Å². The number of thiophene rings is 1. The number of carbonyl (C=O) groups excluding carboxylic acids is 1. The van der Waals surface area contributed by atoms with Gasteiger partial charge in [-0.2, -0.15) is 5.26 Å². The van der Waals surface area contributed by atoms with Crippen molar-refractivity contribution in [1.29, 1.82) is 5.26 Å². The van der Waals surface area contributed by atoms with Crippen molar-refractivity contribution in [2.45, 2.75) is 32.6 Å². The van der Waals surface area contributed by atoms with Crippen LogP contribution in [0.3, 0.4) is 0 Å². The number of carbonyl (C=O) groups is 1. The van der Waals surface area contributed by atoms with E-state index in [1.54, 1.807) is 6.07 Å². The topological polar surface area (TPSA) is 56.1 Å². The van der Waals surface area contributed by atoms with Gasteiger partial charge in [0.15, 0.2) is 0 Å². The van der Waals surface area contributed by atoms with Gasteiger partial charge in [0, 0.05) is 0 Å². The van der Waals surface area contributed by atoms with E-state index in [1.165, 1.54) is 28.9 Å². The number of likely N-dealkylation sites (tertiary alicyclic amines) is 1. The van der Waals surface area contributed by atoms with Crippen LogP contribution in [0.1, 0.15) is 36.0 Å². The highest BCUT2D eigenvalue weighted by atomic mass is 32.1. The average Bonchev–Trinajstić information content (AvgIpc) is 3.09. The highest BCUT2D eigenvalue weighted by Gasteiger charge is 2.21. The maximum Gasteiger partial charge on any atom is 0.239 e. The van der Waals surface area contributed by atoms with Gasteiger partial charge in [0.2, 0.25) is 5.91 Å². The zero-order valence-electron chi connectivity index (χ0n) is 15.2. The van der Waals surface area contributed by atoms with E-state index in [1.807, 2.05) is 5.38 Å². The van der Waals surface area contributed by atoms with E-state index in [4.69, 9.17) is 5.26 Å². The summed E-state index contributed by atoms with van der Waals surface area (Å²) in [4.78, 5) is 14.4. The number of rotatable bonds is 6. The molecule has 26 heavy (non-hydrogen) atoms. The molecule has 2 aromatic rings. The molecule has 5 heteroatoms. The highest BCUT2D eigenvalue weighted by molar-refractivity contribution is 7.14. The zero-order chi connectivity index (χ0) is 18.4. The van der Waals surface area contributed by atoms with Gasteiger partial charge in [0.25, 0.3) is 0 Å². The molecule has 0 bridgehead atoms. The normalized spacial score (nSPS) is 15.5. The number of nitrogens with zero attached hydrogens (tertiary/aromatic N) is 2. The smallest absolute Gasteiger partial charge is 0.239 e. The molecule has 4 nitrogen and oxygen atoms in total. The first kappa shape index (κ1) is 18.6. The summed E-state index contributed by atoms with van der Waals surface area (Å²) in [6.07, 6.45) is 4.67. The summed E-state index contributed by atoms with van der Waals surface area (Å²) in [6, 6.07) is 12.7. The minimum Gasteiger partial charge on any atom is -0.315 e. The summed E-state index contributed by atoms with van der Waals surface area (Å²) in [5.74, 6) is 0.722. The molecule has 1 aromatic carbocycles. The van der Waals surface area contributed by atoms with Crippen LogP contribution in [-0.2, 0) is 11.2 Å². The summed E-state index contributed by atoms with van der Waals surface area (Å²) in [7, 11) is 0. The Morgan fingerprint density at radius 1 is 1.27 bits per heavy atom. The summed E-state index contributed by atoms with van der Waals surface area (Å²) in [5.41, 5.74) is 3.27. The van der Waals surface area contributed by atoms with Crippen molar-refractivity contribution in [2.75, 3.05) is 25.0 Å². The molecule has 2 heterocycles. The van der Waals surface area contributed by atoms with E-state index < -0.39 is 0 Å². The molecule has 0 saturated carbocycles. The van der Waals surface area contributed by atoms with Crippen molar-refractivity contribution in [3.63, 3.8) is 0 Å². The first-order valence-electron chi connectivity index (χ1n) is 9.19. The van der Waals surface area contributed by atoms with Crippen LogP contribution in [0.15, 0.2) is 35.7 Å². The summed E-state index contributed by atoms with van der Waals surface area (Å²) in [6.45, 7) is 4.48. The van der Waals surface area contributed by atoms with Crippen molar-refractivity contribution < 1.29 is 4.79 Å². The third-order valence-electron chi connectivity index (χ3n) is 5.07. The Bertz CT molecular complexity index is 767. The number of piperidine rings is 1. The van der Waals surface area contributed by atoms with Crippen LogP contribution in [0, 0.1) is 24.2 Å². The molecule has 1 N–H and O–H groups in total. The number of nitriles is 1. The fraction of sp³-hybridized carbons (Fsp3) is 0.429. The number of amides is 1. The zero-order valence-corrected chi connectivity index (χ0v) is 16.0. The Morgan fingerprint density at radius 3 is 2.69 bits per heavy atom. The van der Waals surface area contributed by atoms with Crippen LogP contribution in [-0.4, -0.2) is 30.4 Å². The lowest BCUT2D eigenvalue weighted by Crippen LogP contribution is -2.39. The third-order valence-corrected chi connectivity index (χ3v) is 5.90. The summed E-state index contributed by atoms with van der Waals surface area (Å²) in [5, 5.41) is 14.4. The highest BCUT2D eigenvalue weighted by Crippen LogP contribution is 2.24. The van der Waals surface area contributed by atoms with E-state index in [0.717, 1.165) is 38.3 Å². The number of hydrogen-bond acceptors (Lipinski definition) is 4. The Labute approximate surface area is 159 Å². The monoisotopic (exact) mass is 367 g/mol. The fourth-order valence-electron chi connectivity index (χ4n) is 3.42. The second kappa shape index (κ2) is 8.98. The van der Waals surface area contributed by atoms with Gasteiger partial charge in [-0.3, -0.25) is 9.69 Å².